The average molecular weight is 218 g/mol. The number of hydrazone groups is 1. The molecule has 0 spiro atoms. The molecule has 0 unspecified atom stereocenters. The highest BCUT2D eigenvalue weighted by Crippen LogP contribution is 2.25. The van der Waals surface area contributed by atoms with Crippen molar-refractivity contribution in [1.29, 1.82) is 0 Å². The summed E-state index contributed by atoms with van der Waals surface area (Å²) in [5.41, 5.74) is 7.00. The highest BCUT2D eigenvalue weighted by molar-refractivity contribution is 6.14. The SMILES string of the molecule is CC[C@H]1C(=O)N(c2ccc(N)nc2)N=C1C. The summed E-state index contributed by atoms with van der Waals surface area (Å²) in [6.07, 6.45) is 2.33. The highest BCUT2D eigenvalue weighted by Gasteiger charge is 2.32. The van der Waals surface area contributed by atoms with Crippen LogP contribution in [0.3, 0.4) is 0 Å². The molecule has 1 aliphatic rings. The van der Waals surface area contributed by atoms with E-state index in [0.717, 1.165) is 12.1 Å². The molecule has 0 radical (unpaired) electrons. The summed E-state index contributed by atoms with van der Waals surface area (Å²) in [6, 6.07) is 3.40. The number of carbonyl (C=O) groups is 1. The molecule has 0 aliphatic carbocycles. The second-order valence-electron chi connectivity index (χ2n) is 3.79. The Balaban J connectivity index is 2.30. The molecule has 84 valence electrons. The van der Waals surface area contributed by atoms with E-state index in [4.69, 9.17) is 5.73 Å². The molecule has 16 heavy (non-hydrogen) atoms. The lowest BCUT2D eigenvalue weighted by molar-refractivity contribution is -0.119. The predicted molar refractivity (Wildman–Crippen MR) is 63.0 cm³/mol. The number of nitrogen functional groups attached to an aromatic ring is 1. The molecule has 1 atom stereocenters. The van der Waals surface area contributed by atoms with E-state index >= 15 is 0 Å². The van der Waals surface area contributed by atoms with E-state index in [2.05, 4.69) is 10.1 Å². The number of carbonyl (C=O) groups excluding carboxylic acids is 1. The van der Waals surface area contributed by atoms with Crippen LogP contribution in [0.4, 0.5) is 11.5 Å². The summed E-state index contributed by atoms with van der Waals surface area (Å²) >= 11 is 0. The first kappa shape index (κ1) is 10.6. The maximum atomic E-state index is 12.0. The number of aromatic nitrogens is 1. The van der Waals surface area contributed by atoms with E-state index in [0.29, 0.717) is 11.5 Å². The van der Waals surface area contributed by atoms with Gasteiger partial charge in [-0.2, -0.15) is 10.1 Å². The molecule has 1 aromatic heterocycles. The molecule has 5 nitrogen and oxygen atoms in total. The van der Waals surface area contributed by atoms with Crippen molar-refractivity contribution in [2.24, 2.45) is 11.0 Å². The lowest BCUT2D eigenvalue weighted by Crippen LogP contribution is -2.26. The molecule has 0 bridgehead atoms. The minimum atomic E-state index is -0.0995. The van der Waals surface area contributed by atoms with Gasteiger partial charge in [-0.1, -0.05) is 6.92 Å². The van der Waals surface area contributed by atoms with E-state index in [1.165, 1.54) is 5.01 Å². The number of hydrogen-bond donors (Lipinski definition) is 1. The van der Waals surface area contributed by atoms with E-state index in [-0.39, 0.29) is 11.8 Å². The standard InChI is InChI=1S/C11H14N4O/c1-3-9-7(2)14-15(11(9)16)8-4-5-10(12)13-6-8/h4-6,9H,3H2,1-2H3,(H2,12,13)/t9-/m1/s1. The van der Waals surface area contributed by atoms with Crippen LogP contribution < -0.4 is 10.7 Å². The third-order valence-corrected chi connectivity index (χ3v) is 2.69. The molecule has 0 fully saturated rings. The van der Waals surface area contributed by atoms with Gasteiger partial charge in [0.25, 0.3) is 5.91 Å². The van der Waals surface area contributed by atoms with Crippen molar-refractivity contribution >= 4 is 23.1 Å². The van der Waals surface area contributed by atoms with Gasteiger partial charge in [0.2, 0.25) is 0 Å². The van der Waals surface area contributed by atoms with Gasteiger partial charge in [-0.25, -0.2) is 4.98 Å². The zero-order valence-corrected chi connectivity index (χ0v) is 9.34. The van der Waals surface area contributed by atoms with Gasteiger partial charge in [0, 0.05) is 5.71 Å². The largest absolute Gasteiger partial charge is 0.384 e. The Hall–Kier alpha value is -1.91. The Bertz CT molecular complexity index is 438. The van der Waals surface area contributed by atoms with Crippen molar-refractivity contribution in [1.82, 2.24) is 4.98 Å². The Morgan fingerprint density at radius 2 is 2.25 bits per heavy atom. The molecule has 0 saturated carbocycles. The van der Waals surface area contributed by atoms with E-state index in [9.17, 15) is 4.79 Å². The van der Waals surface area contributed by atoms with Gasteiger partial charge in [-0.05, 0) is 25.5 Å². The fraction of sp³-hybridized carbons (Fsp3) is 0.364. The summed E-state index contributed by atoms with van der Waals surface area (Å²) < 4.78 is 0. The third-order valence-electron chi connectivity index (χ3n) is 2.69. The van der Waals surface area contributed by atoms with Crippen molar-refractivity contribution in [2.45, 2.75) is 20.3 Å². The summed E-state index contributed by atoms with van der Waals surface area (Å²) in [5, 5.41) is 5.64. The van der Waals surface area contributed by atoms with E-state index < -0.39 is 0 Å². The topological polar surface area (TPSA) is 71.6 Å². The Labute approximate surface area is 94.0 Å². The number of nitrogens with zero attached hydrogens (tertiary/aromatic N) is 3. The summed E-state index contributed by atoms with van der Waals surface area (Å²) in [5.74, 6) is 0.340. The van der Waals surface area contributed by atoms with Gasteiger partial charge in [0.1, 0.15) is 5.82 Å². The second-order valence-corrected chi connectivity index (χ2v) is 3.79. The van der Waals surface area contributed by atoms with Crippen LogP contribution in [0.5, 0.6) is 0 Å². The molecule has 2 rings (SSSR count). The molecular weight excluding hydrogens is 204 g/mol. The molecule has 0 aromatic carbocycles. The average Bonchev–Trinajstić information content (AvgIpc) is 2.55. The van der Waals surface area contributed by atoms with Crippen molar-refractivity contribution in [3.63, 3.8) is 0 Å². The molecule has 2 N–H and O–H groups in total. The predicted octanol–water partition coefficient (Wildman–Crippen LogP) is 1.41. The number of rotatable bonds is 2. The zero-order chi connectivity index (χ0) is 11.7. The van der Waals surface area contributed by atoms with Crippen LogP contribution in [-0.2, 0) is 4.79 Å². The summed E-state index contributed by atoms with van der Waals surface area (Å²) in [6.45, 7) is 3.85. The molecular formula is C11H14N4O. The van der Waals surface area contributed by atoms with Crippen LogP contribution in [-0.4, -0.2) is 16.6 Å². The van der Waals surface area contributed by atoms with Crippen molar-refractivity contribution in [3.05, 3.63) is 18.3 Å². The van der Waals surface area contributed by atoms with Crippen LogP contribution in [0.25, 0.3) is 0 Å². The molecule has 1 amide bonds. The number of anilines is 2. The molecule has 0 saturated heterocycles. The minimum absolute atomic E-state index is 0.00608. The first-order chi connectivity index (χ1) is 7.63. The van der Waals surface area contributed by atoms with Gasteiger partial charge in [0.05, 0.1) is 17.8 Å². The molecule has 1 aliphatic heterocycles. The fourth-order valence-corrected chi connectivity index (χ4v) is 1.78. The van der Waals surface area contributed by atoms with Crippen LogP contribution in [0.1, 0.15) is 20.3 Å². The van der Waals surface area contributed by atoms with Crippen LogP contribution in [0.2, 0.25) is 0 Å². The minimum Gasteiger partial charge on any atom is -0.384 e. The lowest BCUT2D eigenvalue weighted by Gasteiger charge is -2.12. The fourth-order valence-electron chi connectivity index (χ4n) is 1.78. The van der Waals surface area contributed by atoms with Crippen molar-refractivity contribution < 1.29 is 4.79 Å². The van der Waals surface area contributed by atoms with Crippen molar-refractivity contribution in [2.75, 3.05) is 10.7 Å². The first-order valence-electron chi connectivity index (χ1n) is 5.24. The maximum absolute atomic E-state index is 12.0. The third kappa shape index (κ3) is 1.64. The van der Waals surface area contributed by atoms with Gasteiger partial charge in [-0.15, -0.1) is 0 Å². The van der Waals surface area contributed by atoms with Gasteiger partial charge >= 0.3 is 0 Å². The Morgan fingerprint density at radius 1 is 1.50 bits per heavy atom. The van der Waals surface area contributed by atoms with Crippen LogP contribution >= 0.6 is 0 Å². The summed E-state index contributed by atoms with van der Waals surface area (Å²) in [4.78, 5) is 15.9. The molecule has 2 heterocycles. The number of pyridine rings is 1. The zero-order valence-electron chi connectivity index (χ0n) is 9.34. The normalized spacial score (nSPS) is 20.1. The van der Waals surface area contributed by atoms with E-state index in [1.807, 2.05) is 13.8 Å². The highest BCUT2D eigenvalue weighted by atomic mass is 16.2. The monoisotopic (exact) mass is 218 g/mol. The Kier molecular flexibility index (Phi) is 2.60. The van der Waals surface area contributed by atoms with Gasteiger partial charge < -0.3 is 5.73 Å². The van der Waals surface area contributed by atoms with E-state index in [1.54, 1.807) is 18.3 Å². The first-order valence-corrected chi connectivity index (χ1v) is 5.24. The number of hydrogen-bond acceptors (Lipinski definition) is 4. The maximum Gasteiger partial charge on any atom is 0.256 e. The van der Waals surface area contributed by atoms with Gasteiger partial charge in [-0.3, -0.25) is 4.79 Å². The smallest absolute Gasteiger partial charge is 0.256 e. The lowest BCUT2D eigenvalue weighted by atomic mass is 10.0. The number of nitrogens with two attached hydrogens (primary N) is 1. The Morgan fingerprint density at radius 3 is 2.75 bits per heavy atom. The van der Waals surface area contributed by atoms with Crippen LogP contribution in [0.15, 0.2) is 23.4 Å². The molecule has 1 aromatic rings. The quantitative estimate of drug-likeness (QED) is 0.815. The van der Waals surface area contributed by atoms with Crippen LogP contribution in [0, 0.1) is 5.92 Å². The number of amides is 1. The van der Waals surface area contributed by atoms with Crippen molar-refractivity contribution in [3.8, 4) is 0 Å². The van der Waals surface area contributed by atoms with Gasteiger partial charge in [0.15, 0.2) is 0 Å². The summed E-state index contributed by atoms with van der Waals surface area (Å²) in [7, 11) is 0. The second kappa shape index (κ2) is 3.92. The molecule has 5 heteroatoms.